The third-order valence-electron chi connectivity index (χ3n) is 5.59. The number of hydrogen-bond donors (Lipinski definition) is 0. The van der Waals surface area contributed by atoms with E-state index in [-0.39, 0.29) is 5.69 Å². The number of imidazole rings is 1. The summed E-state index contributed by atoms with van der Waals surface area (Å²) >= 11 is 0. The third-order valence-corrected chi connectivity index (χ3v) is 5.59. The second-order valence-corrected chi connectivity index (χ2v) is 8.10. The van der Waals surface area contributed by atoms with Crippen molar-refractivity contribution in [2.24, 2.45) is 0 Å². The average molecular weight is 445 g/mol. The molecule has 0 aliphatic carbocycles. The molecule has 7 nitrogen and oxygen atoms in total. The molecule has 0 aliphatic rings. The summed E-state index contributed by atoms with van der Waals surface area (Å²) in [4.78, 5) is 15.6. The molecule has 8 heteroatoms. The summed E-state index contributed by atoms with van der Waals surface area (Å²) in [6, 6.07) is 18.1. The van der Waals surface area contributed by atoms with Crippen molar-refractivity contribution in [2.45, 2.75) is 20.1 Å². The number of hydrogen-bond acceptors (Lipinski definition) is 4. The molecule has 0 saturated carbocycles. The van der Waals surface area contributed by atoms with E-state index in [1.807, 2.05) is 50.2 Å². The van der Waals surface area contributed by atoms with Gasteiger partial charge in [-0.2, -0.15) is 10.4 Å². The fourth-order valence-corrected chi connectivity index (χ4v) is 3.94. The molecule has 0 atom stereocenters. The van der Waals surface area contributed by atoms with Gasteiger partial charge in [0, 0.05) is 13.1 Å². The van der Waals surface area contributed by atoms with Gasteiger partial charge in [-0.25, -0.2) is 13.9 Å². The number of nitrogens with zero attached hydrogens (tertiary/aromatic N) is 6. The Morgan fingerprint density at radius 2 is 1.85 bits per heavy atom. The van der Waals surface area contributed by atoms with Gasteiger partial charge in [-0.1, -0.05) is 12.1 Å². The molecule has 2 aromatic carbocycles. The number of halogens is 1. The molecule has 2 aromatic heterocycles. The van der Waals surface area contributed by atoms with E-state index in [2.05, 4.69) is 11.2 Å². The van der Waals surface area contributed by atoms with Crippen molar-refractivity contribution in [3.8, 4) is 28.8 Å². The lowest BCUT2D eigenvalue weighted by atomic mass is 10.2. The van der Waals surface area contributed by atoms with Crippen LogP contribution >= 0.6 is 0 Å². The first-order valence-corrected chi connectivity index (χ1v) is 10.6. The lowest BCUT2D eigenvalue weighted by molar-refractivity contribution is 0.381. The van der Waals surface area contributed by atoms with Crippen LogP contribution in [0.2, 0.25) is 0 Å². The summed E-state index contributed by atoms with van der Waals surface area (Å²) in [6.07, 6.45) is 1.69. The lowest BCUT2D eigenvalue weighted by Crippen LogP contribution is -2.28. The Morgan fingerprint density at radius 3 is 2.52 bits per heavy atom. The van der Waals surface area contributed by atoms with Crippen LogP contribution in [0, 0.1) is 18.3 Å². The maximum atomic E-state index is 13.6. The first-order chi connectivity index (χ1) is 15.9. The Morgan fingerprint density at radius 1 is 1.09 bits per heavy atom. The fourth-order valence-electron chi connectivity index (χ4n) is 3.94. The molecule has 33 heavy (non-hydrogen) atoms. The van der Waals surface area contributed by atoms with Gasteiger partial charge in [0.1, 0.15) is 6.67 Å². The largest absolute Gasteiger partial charge is 0.333 e. The van der Waals surface area contributed by atoms with Crippen LogP contribution in [0.5, 0.6) is 0 Å². The Bertz CT molecular complexity index is 1370. The molecule has 0 spiro atoms. The van der Waals surface area contributed by atoms with Crippen LogP contribution in [0.4, 0.5) is 4.39 Å². The zero-order valence-electron chi connectivity index (χ0n) is 18.9. The van der Waals surface area contributed by atoms with E-state index in [1.165, 1.54) is 0 Å². The molecule has 0 saturated heterocycles. The Kier molecular flexibility index (Phi) is 6.24. The normalized spacial score (nSPS) is 11.2. The van der Waals surface area contributed by atoms with Crippen molar-refractivity contribution < 1.29 is 4.39 Å². The topological polar surface area (TPSA) is 71.8 Å². The molecule has 4 rings (SSSR count). The maximum Gasteiger partial charge on any atom is 0.333 e. The minimum Gasteiger partial charge on any atom is -0.308 e. The van der Waals surface area contributed by atoms with Gasteiger partial charge in [0.05, 0.1) is 46.3 Å². The van der Waals surface area contributed by atoms with E-state index in [4.69, 9.17) is 5.26 Å². The van der Waals surface area contributed by atoms with Crippen LogP contribution in [0.3, 0.4) is 0 Å². The van der Waals surface area contributed by atoms with Gasteiger partial charge in [0.15, 0.2) is 0 Å². The number of rotatable bonds is 7. The Balaban J connectivity index is 1.92. The summed E-state index contributed by atoms with van der Waals surface area (Å²) in [5.41, 5.74) is 4.55. The molecule has 0 aliphatic heterocycles. The van der Waals surface area contributed by atoms with Crippen molar-refractivity contribution in [1.29, 1.82) is 5.26 Å². The van der Waals surface area contributed by atoms with E-state index < -0.39 is 6.67 Å². The number of likely N-dealkylation sites (N-methyl/N-ethyl adjacent to an activating group) is 1. The smallest absolute Gasteiger partial charge is 0.308 e. The molecule has 0 fully saturated rings. The van der Waals surface area contributed by atoms with Gasteiger partial charge in [-0.05, 0) is 69.0 Å². The second kappa shape index (κ2) is 9.27. The highest BCUT2D eigenvalue weighted by molar-refractivity contribution is 5.63. The Hall–Kier alpha value is -3.96. The zero-order valence-corrected chi connectivity index (χ0v) is 18.9. The van der Waals surface area contributed by atoms with Crippen molar-refractivity contribution in [1.82, 2.24) is 23.8 Å². The second-order valence-electron chi connectivity index (χ2n) is 8.10. The minimum absolute atomic E-state index is 0.187. The lowest BCUT2D eigenvalue weighted by Gasteiger charge is -2.14. The quantitative estimate of drug-likeness (QED) is 0.436. The highest BCUT2D eigenvalue weighted by atomic mass is 19.1. The van der Waals surface area contributed by atoms with Crippen LogP contribution in [-0.4, -0.2) is 44.5 Å². The van der Waals surface area contributed by atoms with Crippen molar-refractivity contribution in [3.05, 3.63) is 88.1 Å². The van der Waals surface area contributed by atoms with Gasteiger partial charge in [-0.3, -0.25) is 9.13 Å². The monoisotopic (exact) mass is 444 g/mol. The van der Waals surface area contributed by atoms with E-state index in [0.29, 0.717) is 29.9 Å². The van der Waals surface area contributed by atoms with Gasteiger partial charge in [0.25, 0.3) is 0 Å². The first-order valence-electron chi connectivity index (χ1n) is 10.6. The summed E-state index contributed by atoms with van der Waals surface area (Å²) in [5, 5.41) is 13.6. The predicted octanol–water partition coefficient (Wildman–Crippen LogP) is 3.70. The molecule has 168 valence electrons. The molecular formula is C25H25FN6O. The summed E-state index contributed by atoms with van der Waals surface area (Å²) in [7, 11) is 3.92. The first kappa shape index (κ1) is 22.2. The number of aromatic nitrogens is 4. The van der Waals surface area contributed by atoms with Gasteiger partial charge in [0.2, 0.25) is 0 Å². The Labute approximate surface area is 191 Å². The fraction of sp³-hybridized carbons (Fsp3) is 0.240. The van der Waals surface area contributed by atoms with Crippen molar-refractivity contribution in [3.63, 3.8) is 0 Å². The van der Waals surface area contributed by atoms with Crippen molar-refractivity contribution >= 4 is 0 Å². The number of alkyl halides is 1. The highest BCUT2D eigenvalue weighted by Gasteiger charge is 2.22. The summed E-state index contributed by atoms with van der Waals surface area (Å²) in [6.45, 7) is 2.45. The van der Waals surface area contributed by atoms with E-state index in [9.17, 15) is 9.18 Å². The van der Waals surface area contributed by atoms with E-state index in [1.54, 1.807) is 50.3 Å². The molecule has 0 N–H and O–H groups in total. The zero-order chi connectivity index (χ0) is 23.5. The third kappa shape index (κ3) is 4.23. The van der Waals surface area contributed by atoms with Gasteiger partial charge < -0.3 is 4.90 Å². The standard InChI is InChI=1S/C25H25FN6O/c1-18-24(23-11-12-28-32(23)21-9-7-19(17-27)8-10-21)30(14-13-29(2)3)25(33)31(18)22-6-4-5-20(15-22)16-26/h4-12,15H,13-14,16H2,1-3H3. The maximum absolute atomic E-state index is 13.6. The van der Waals surface area contributed by atoms with Crippen LogP contribution in [0.15, 0.2) is 65.6 Å². The molecule has 2 heterocycles. The number of benzene rings is 2. The molecule has 0 bridgehead atoms. The molecule has 0 amide bonds. The van der Waals surface area contributed by atoms with Crippen LogP contribution < -0.4 is 5.69 Å². The summed E-state index contributed by atoms with van der Waals surface area (Å²) in [5.74, 6) is 0. The van der Waals surface area contributed by atoms with Gasteiger partial charge in [-0.15, -0.1) is 0 Å². The molecule has 4 aromatic rings. The van der Waals surface area contributed by atoms with Gasteiger partial charge >= 0.3 is 5.69 Å². The SMILES string of the molecule is Cc1c(-c2ccnn2-c2ccc(C#N)cc2)n(CCN(C)C)c(=O)n1-c1cccc(CF)c1. The van der Waals surface area contributed by atoms with Crippen LogP contribution in [-0.2, 0) is 13.2 Å². The highest BCUT2D eigenvalue weighted by Crippen LogP contribution is 2.27. The molecular weight excluding hydrogens is 419 g/mol. The predicted molar refractivity (Wildman–Crippen MR) is 125 cm³/mol. The summed E-state index contributed by atoms with van der Waals surface area (Å²) < 4.78 is 18.4. The molecule has 0 radical (unpaired) electrons. The van der Waals surface area contributed by atoms with E-state index >= 15 is 0 Å². The number of nitriles is 1. The van der Waals surface area contributed by atoms with Crippen molar-refractivity contribution in [2.75, 3.05) is 20.6 Å². The van der Waals surface area contributed by atoms with Crippen LogP contribution in [0.1, 0.15) is 16.8 Å². The van der Waals surface area contributed by atoms with E-state index in [0.717, 1.165) is 22.8 Å². The molecule has 0 unspecified atom stereocenters. The van der Waals surface area contributed by atoms with Crippen LogP contribution in [0.25, 0.3) is 22.8 Å². The minimum atomic E-state index is -0.596. The average Bonchev–Trinajstić information content (AvgIpc) is 3.39.